The second kappa shape index (κ2) is 51.4. The van der Waals surface area contributed by atoms with Gasteiger partial charge in [0.15, 0.2) is 31.5 Å². The Morgan fingerprint density at radius 2 is 0.904 bits per heavy atom. The Bertz CT molecular complexity index is 2780. The molecule has 0 aromatic heterocycles. The van der Waals surface area contributed by atoms with Crippen LogP contribution in [0.5, 0.6) is 0 Å². The molecule has 38 heteroatoms. The normalized spacial score (nSPS) is 37.1. The lowest BCUT2D eigenvalue weighted by atomic mass is 9.88. The van der Waals surface area contributed by atoms with Crippen LogP contribution in [0.25, 0.3) is 0 Å². The first-order valence-electron chi connectivity index (χ1n) is 41.5. The highest BCUT2D eigenvalue weighted by atomic mass is 16.8. The van der Waals surface area contributed by atoms with Gasteiger partial charge in [0.1, 0.15) is 134 Å². The van der Waals surface area contributed by atoms with Crippen molar-refractivity contribution in [2.75, 3.05) is 39.6 Å². The molecule has 33 atom stereocenters. The molecule has 6 heterocycles. The first kappa shape index (κ1) is 100. The topological polar surface area (TPSA) is 600 Å². The minimum Gasteiger partial charge on any atom is -0.477 e. The van der Waals surface area contributed by atoms with Crippen LogP contribution in [0, 0.1) is 0 Å². The van der Waals surface area contributed by atoms with Crippen molar-refractivity contribution in [3.8, 4) is 0 Å². The predicted molar refractivity (Wildman–Crippen MR) is 400 cm³/mol. The van der Waals surface area contributed by atoms with E-state index < -0.39 is 266 Å². The Morgan fingerprint density at radius 1 is 0.470 bits per heavy atom. The fourth-order valence-electron chi connectivity index (χ4n) is 15.4. The maximum absolute atomic E-state index is 13.6. The summed E-state index contributed by atoms with van der Waals surface area (Å²) in [4.78, 5) is 52.8. The summed E-state index contributed by atoms with van der Waals surface area (Å²) in [6.45, 7) is 1.45. The van der Waals surface area contributed by atoms with Crippen molar-refractivity contribution in [1.82, 2.24) is 16.0 Å². The largest absolute Gasteiger partial charge is 0.477 e. The van der Waals surface area contributed by atoms with E-state index in [9.17, 15) is 116 Å². The number of carbonyl (C=O) groups excluding carboxylic acids is 3. The average Bonchev–Trinajstić information content (AvgIpc) is 0.753. The van der Waals surface area contributed by atoms with Crippen LogP contribution in [0.4, 0.5) is 0 Å². The molecule has 0 aromatic rings. The number of carboxylic acid groups (broad SMARTS) is 1. The molecule has 38 nitrogen and oxygen atoms in total. The first-order valence-corrected chi connectivity index (χ1v) is 41.5. The van der Waals surface area contributed by atoms with Gasteiger partial charge in [0, 0.05) is 26.7 Å². The van der Waals surface area contributed by atoms with E-state index in [4.69, 9.17) is 56.8 Å². The van der Waals surface area contributed by atoms with Crippen LogP contribution in [0.3, 0.4) is 0 Å². The van der Waals surface area contributed by atoms with Crippen molar-refractivity contribution >= 4 is 23.7 Å². The van der Waals surface area contributed by atoms with Gasteiger partial charge in [-0.05, 0) is 26.2 Å². The van der Waals surface area contributed by atoms with Crippen molar-refractivity contribution in [2.24, 2.45) is 0 Å². The van der Waals surface area contributed by atoms with Crippen LogP contribution in [-0.4, -0.2) is 362 Å². The smallest absolute Gasteiger partial charge is 0.364 e. The molecule has 0 saturated carbocycles. The van der Waals surface area contributed by atoms with Gasteiger partial charge >= 0.3 is 5.97 Å². The third kappa shape index (κ3) is 29.3. The zero-order valence-corrected chi connectivity index (χ0v) is 67.0. The first-order chi connectivity index (χ1) is 55.0. The number of unbranched alkanes of at least 4 members (excludes halogenated alkanes) is 23. The second-order valence-corrected chi connectivity index (χ2v) is 31.4. The van der Waals surface area contributed by atoms with Gasteiger partial charge in [-0.25, -0.2) is 4.79 Å². The van der Waals surface area contributed by atoms with E-state index in [-0.39, 0.29) is 12.3 Å². The van der Waals surface area contributed by atoms with E-state index in [0.29, 0.717) is 12.8 Å². The molecule has 0 aliphatic carbocycles. The molecule has 22 N–H and O–H groups in total. The highest BCUT2D eigenvalue weighted by Crippen LogP contribution is 2.41. The van der Waals surface area contributed by atoms with Crippen molar-refractivity contribution in [3.05, 3.63) is 12.2 Å². The van der Waals surface area contributed by atoms with Crippen LogP contribution < -0.4 is 16.0 Å². The molecule has 0 aromatic carbocycles. The number of hydrogen-bond acceptors (Lipinski definition) is 34. The van der Waals surface area contributed by atoms with E-state index in [1.807, 2.05) is 6.08 Å². The standard InChI is InChI=1S/C77H137N3O35/c1-6-8-10-12-14-16-18-20-22-24-26-28-30-32-45(88)44(80-52(91)33-31-29-27-25-23-21-19-17-15-13-11-9-7-2)40-104-72-62(99)60(97)65(50(38-84)109-72)110-74-63(100)69(57(94)48(36-82)106-74)113-71-54(79-43(5)87)68(66(51(39-85)108-71)111-73-61(98)59(96)55(92)41(3)105-73)112-75-64(101)70(58(95)49(37-83)107-75)115-77(76(102)103)34-46(89)53(78-42(4)86)67(114-77)56(93)47(90)35-81/h30,32,41,44-51,53-75,81-85,88-90,92-101H,6-29,31,33-40H2,1-5H3,(H,78,86)(H,79,87)(H,80,91)(H,102,103)/b32-30+/t41?,44-,45+,46?,47+,48?,49?,50?,51?,53+,54?,55+,56+,57-,58-,59?,60+,61-,62?,63?,64?,65+,66+,67?,68+,69-,70-,71-,72+,73+,74-,75-,77-/m0/s1. The summed E-state index contributed by atoms with van der Waals surface area (Å²) in [7, 11) is 0. The summed E-state index contributed by atoms with van der Waals surface area (Å²) < 4.78 is 72.2. The molecule has 6 fully saturated rings. The van der Waals surface area contributed by atoms with Gasteiger partial charge in [-0.2, -0.15) is 0 Å². The van der Waals surface area contributed by atoms with Gasteiger partial charge in [-0.1, -0.05) is 167 Å². The van der Waals surface area contributed by atoms with E-state index >= 15 is 0 Å². The van der Waals surface area contributed by atoms with Gasteiger partial charge in [0.25, 0.3) is 5.79 Å². The Labute approximate surface area is 671 Å². The van der Waals surface area contributed by atoms with Crippen molar-refractivity contribution in [2.45, 2.75) is 410 Å². The Morgan fingerprint density at radius 3 is 1.42 bits per heavy atom. The summed E-state index contributed by atoms with van der Waals surface area (Å²) in [5.41, 5.74) is 0. The fourth-order valence-corrected chi connectivity index (χ4v) is 15.4. The Balaban J connectivity index is 1.22. The van der Waals surface area contributed by atoms with E-state index in [0.717, 1.165) is 71.6 Å². The number of carboxylic acids is 1. The van der Waals surface area contributed by atoms with Gasteiger partial charge in [-0.3, -0.25) is 14.4 Å². The lowest BCUT2D eigenvalue weighted by molar-refractivity contribution is -0.399. The maximum Gasteiger partial charge on any atom is 0.364 e. The Kier molecular flexibility index (Phi) is 44.8. The number of ether oxygens (including phenoxy) is 12. The summed E-state index contributed by atoms with van der Waals surface area (Å²) in [6.07, 6.45) is -29.3. The monoisotopic (exact) mass is 1660 g/mol. The molecule has 670 valence electrons. The van der Waals surface area contributed by atoms with Crippen molar-refractivity contribution in [1.29, 1.82) is 0 Å². The van der Waals surface area contributed by atoms with E-state index in [1.54, 1.807) is 6.08 Å². The van der Waals surface area contributed by atoms with Crippen LogP contribution in [0.1, 0.15) is 208 Å². The molecule has 6 aliphatic heterocycles. The SMILES string of the molecule is CCCCCCCCCCCCC/C=C/[C@@H](O)[C@H](CO[C@@H]1OC(CO)[C@@H](O[C@@H]2OC(CO)[C@H](O)[C@H](O[C@@H]3OC(CO)[C@@H](O[C@H]4OC(C)[C@@H](O)C(O)[C@@H]4O)[C@H](O[C@@H]4OC(CO)[C@H](O)[C@H](O[C@]5(C(=O)O)CC(O)[C@@H](NC(C)=O)C([C@H](O)[C@H](O)CO)O5)C4O)C3NC(C)=O)C2O)[C@H](O)C1O)NC(=O)CCCCCCCCCCCCCCC. The number of aliphatic carboxylic acids is 1. The third-order valence-corrected chi connectivity index (χ3v) is 22.2. The molecule has 0 radical (unpaired) electrons. The summed E-state index contributed by atoms with van der Waals surface area (Å²) >= 11 is 0. The van der Waals surface area contributed by atoms with Gasteiger partial charge in [0.2, 0.25) is 17.7 Å². The van der Waals surface area contributed by atoms with Crippen molar-refractivity contribution in [3.63, 3.8) is 0 Å². The minimum absolute atomic E-state index is 0.147. The number of allylic oxidation sites excluding steroid dienone is 1. The average molecular weight is 1660 g/mol. The van der Waals surface area contributed by atoms with Crippen LogP contribution in [0.2, 0.25) is 0 Å². The lowest BCUT2D eigenvalue weighted by Crippen LogP contribution is -2.72. The zero-order chi connectivity index (χ0) is 84.6. The van der Waals surface area contributed by atoms with Crippen LogP contribution in [0.15, 0.2) is 12.2 Å². The summed E-state index contributed by atoms with van der Waals surface area (Å²) in [6, 6.07) is -4.87. The lowest BCUT2D eigenvalue weighted by Gasteiger charge is -2.52. The quantitative estimate of drug-likeness (QED) is 0.0214. The molecule has 115 heavy (non-hydrogen) atoms. The molecular weight excluding hydrogens is 1530 g/mol. The highest BCUT2D eigenvalue weighted by Gasteiger charge is 2.62. The molecule has 6 rings (SSSR count). The minimum atomic E-state index is -3.30. The van der Waals surface area contributed by atoms with Crippen LogP contribution >= 0.6 is 0 Å². The Hall–Kier alpha value is -3.58. The van der Waals surface area contributed by atoms with Gasteiger partial charge < -0.3 is 170 Å². The van der Waals surface area contributed by atoms with E-state index in [1.165, 1.54) is 96.8 Å². The molecule has 6 saturated heterocycles. The number of aliphatic hydroxyl groups is 18. The number of hydrogen-bond donors (Lipinski definition) is 22. The number of aliphatic hydroxyl groups excluding tert-OH is 18. The summed E-state index contributed by atoms with van der Waals surface area (Å²) in [5, 5.41) is 221. The summed E-state index contributed by atoms with van der Waals surface area (Å²) in [5.74, 6) is -7.64. The van der Waals surface area contributed by atoms with Crippen molar-refractivity contribution < 1.29 is 173 Å². The van der Waals surface area contributed by atoms with Gasteiger partial charge in [0.05, 0.1) is 70.0 Å². The molecule has 12 unspecified atom stereocenters. The van der Waals surface area contributed by atoms with E-state index in [2.05, 4.69) is 29.8 Å². The van der Waals surface area contributed by atoms with Gasteiger partial charge in [-0.15, -0.1) is 0 Å². The highest BCUT2D eigenvalue weighted by molar-refractivity contribution is 5.77. The molecule has 0 bridgehead atoms. The molecular formula is C77H137N3O35. The maximum atomic E-state index is 13.6. The molecule has 6 aliphatic rings. The van der Waals surface area contributed by atoms with Crippen LogP contribution in [-0.2, 0) is 76.0 Å². The fraction of sp³-hybridized carbons (Fsp3) is 0.922. The molecule has 3 amide bonds. The third-order valence-electron chi connectivity index (χ3n) is 22.2. The number of nitrogens with one attached hydrogen (secondary N) is 3. The number of rotatable bonds is 52. The molecule has 0 spiro atoms. The second-order valence-electron chi connectivity index (χ2n) is 31.4. The predicted octanol–water partition coefficient (Wildman–Crippen LogP) is -2.97. The number of amides is 3. The number of carbonyl (C=O) groups is 4. The zero-order valence-electron chi connectivity index (χ0n) is 67.0.